The van der Waals surface area contributed by atoms with E-state index in [1.807, 2.05) is 0 Å². The molecule has 0 aliphatic rings. The van der Waals surface area contributed by atoms with Crippen molar-refractivity contribution in [2.24, 2.45) is 0 Å². The number of hydrogen-bond donors (Lipinski definition) is 2. The molecule has 0 saturated heterocycles. The Morgan fingerprint density at radius 2 is 1.96 bits per heavy atom. The summed E-state index contributed by atoms with van der Waals surface area (Å²) in [4.78, 5) is 42.8. The number of aromatic amines is 1. The van der Waals surface area contributed by atoms with Crippen LogP contribution in [0.5, 0.6) is 0 Å². The van der Waals surface area contributed by atoms with E-state index in [1.54, 1.807) is 13.0 Å². The van der Waals surface area contributed by atoms with Gasteiger partial charge in [-0.3, -0.25) is 19.0 Å². The van der Waals surface area contributed by atoms with Gasteiger partial charge in [-0.25, -0.2) is 9.37 Å². The largest absolute Gasteiger partial charge is 0.346 e. The SMILES string of the molecule is Cc1ccn(-c2ccc(F)cc2)c(=O)c1C(=O)NCc1cc(=O)[nH]cn1. The van der Waals surface area contributed by atoms with Crippen LogP contribution in [-0.4, -0.2) is 20.4 Å². The maximum Gasteiger partial charge on any atom is 0.268 e. The number of nitrogens with zero attached hydrogens (tertiary/aromatic N) is 2. The lowest BCUT2D eigenvalue weighted by molar-refractivity contribution is 0.0948. The second-order valence-electron chi connectivity index (χ2n) is 5.61. The van der Waals surface area contributed by atoms with Gasteiger partial charge in [0.2, 0.25) is 0 Å². The Balaban J connectivity index is 1.90. The van der Waals surface area contributed by atoms with Gasteiger partial charge in [0, 0.05) is 18.0 Å². The van der Waals surface area contributed by atoms with E-state index in [-0.39, 0.29) is 17.7 Å². The molecule has 3 aromatic rings. The van der Waals surface area contributed by atoms with Crippen LogP contribution in [-0.2, 0) is 6.54 Å². The van der Waals surface area contributed by atoms with Crippen LogP contribution in [0.1, 0.15) is 21.6 Å². The summed E-state index contributed by atoms with van der Waals surface area (Å²) >= 11 is 0. The number of rotatable bonds is 4. The number of hydrogen-bond acceptors (Lipinski definition) is 4. The van der Waals surface area contributed by atoms with Crippen molar-refractivity contribution in [1.29, 1.82) is 0 Å². The van der Waals surface area contributed by atoms with Crippen molar-refractivity contribution >= 4 is 5.91 Å². The summed E-state index contributed by atoms with van der Waals surface area (Å²) in [7, 11) is 0. The van der Waals surface area contributed by atoms with Crippen molar-refractivity contribution in [3.63, 3.8) is 0 Å². The maximum atomic E-state index is 13.1. The van der Waals surface area contributed by atoms with Crippen LogP contribution < -0.4 is 16.4 Å². The molecule has 2 aromatic heterocycles. The monoisotopic (exact) mass is 354 g/mol. The predicted molar refractivity (Wildman–Crippen MR) is 92.8 cm³/mol. The highest BCUT2D eigenvalue weighted by Gasteiger charge is 2.16. The van der Waals surface area contributed by atoms with Gasteiger partial charge in [-0.05, 0) is 42.8 Å². The van der Waals surface area contributed by atoms with Crippen LogP contribution in [0.25, 0.3) is 5.69 Å². The smallest absolute Gasteiger partial charge is 0.268 e. The zero-order valence-electron chi connectivity index (χ0n) is 13.8. The molecule has 0 saturated carbocycles. The number of halogens is 1. The van der Waals surface area contributed by atoms with Crippen LogP contribution in [0.3, 0.4) is 0 Å². The molecule has 8 heteroatoms. The third-order valence-corrected chi connectivity index (χ3v) is 3.80. The lowest BCUT2D eigenvalue weighted by Crippen LogP contribution is -2.33. The molecular weight excluding hydrogens is 339 g/mol. The first-order valence-corrected chi connectivity index (χ1v) is 7.76. The first-order valence-electron chi connectivity index (χ1n) is 7.76. The number of benzene rings is 1. The zero-order chi connectivity index (χ0) is 18.7. The van der Waals surface area contributed by atoms with E-state index in [1.165, 1.54) is 47.4 Å². The number of nitrogens with one attached hydrogen (secondary N) is 2. The van der Waals surface area contributed by atoms with E-state index < -0.39 is 17.3 Å². The number of amides is 1. The molecule has 1 aromatic carbocycles. The van der Waals surface area contributed by atoms with Crippen molar-refractivity contribution in [2.75, 3.05) is 0 Å². The Labute approximate surface area is 147 Å². The van der Waals surface area contributed by atoms with E-state index in [0.29, 0.717) is 16.9 Å². The van der Waals surface area contributed by atoms with Crippen LogP contribution in [0.4, 0.5) is 4.39 Å². The molecule has 0 aliphatic carbocycles. The molecule has 132 valence electrons. The number of pyridine rings is 1. The summed E-state index contributed by atoms with van der Waals surface area (Å²) in [6, 6.07) is 8.27. The van der Waals surface area contributed by atoms with Gasteiger partial charge in [-0.2, -0.15) is 0 Å². The first-order chi connectivity index (χ1) is 12.5. The van der Waals surface area contributed by atoms with Crippen LogP contribution in [0, 0.1) is 12.7 Å². The predicted octanol–water partition coefficient (Wildman–Crippen LogP) is 1.30. The summed E-state index contributed by atoms with van der Waals surface area (Å²) in [6.45, 7) is 1.66. The molecule has 0 radical (unpaired) electrons. The molecule has 0 atom stereocenters. The molecular formula is C18H15FN4O3. The number of carbonyl (C=O) groups excluding carboxylic acids is 1. The Morgan fingerprint density at radius 3 is 2.65 bits per heavy atom. The lowest BCUT2D eigenvalue weighted by atomic mass is 10.1. The standard InChI is InChI=1S/C18H15FN4O3/c1-11-6-7-23(14-4-2-12(19)3-5-14)18(26)16(11)17(25)20-9-13-8-15(24)22-10-21-13/h2-8,10H,9H2,1H3,(H,20,25)(H,21,22,24). The number of aryl methyl sites for hydroxylation is 1. The average Bonchev–Trinajstić information content (AvgIpc) is 2.61. The number of aromatic nitrogens is 3. The average molecular weight is 354 g/mol. The molecule has 0 spiro atoms. The molecule has 0 aliphatic heterocycles. The molecule has 2 heterocycles. The minimum atomic E-state index is -0.578. The summed E-state index contributed by atoms with van der Waals surface area (Å²) in [5.74, 6) is -0.997. The number of H-pyrrole nitrogens is 1. The molecule has 0 bridgehead atoms. The van der Waals surface area contributed by atoms with Gasteiger partial charge in [-0.1, -0.05) is 0 Å². The summed E-state index contributed by atoms with van der Waals surface area (Å²) in [5, 5.41) is 2.58. The van der Waals surface area contributed by atoms with Crippen molar-refractivity contribution in [1.82, 2.24) is 19.9 Å². The minimum absolute atomic E-state index is 0.00702. The molecule has 0 unspecified atom stereocenters. The molecule has 0 fully saturated rings. The van der Waals surface area contributed by atoms with Gasteiger partial charge in [0.05, 0.1) is 18.6 Å². The quantitative estimate of drug-likeness (QED) is 0.738. The topological polar surface area (TPSA) is 96.9 Å². The van der Waals surface area contributed by atoms with Gasteiger partial charge in [-0.15, -0.1) is 0 Å². The van der Waals surface area contributed by atoms with E-state index in [2.05, 4.69) is 15.3 Å². The third kappa shape index (κ3) is 3.59. The van der Waals surface area contributed by atoms with Gasteiger partial charge in [0.1, 0.15) is 11.4 Å². The lowest BCUT2D eigenvalue weighted by Gasteiger charge is -2.11. The van der Waals surface area contributed by atoms with Gasteiger partial charge < -0.3 is 10.3 Å². The Hall–Kier alpha value is -3.55. The van der Waals surface area contributed by atoms with Crippen molar-refractivity contribution in [3.05, 3.63) is 92.3 Å². The molecule has 2 N–H and O–H groups in total. The van der Waals surface area contributed by atoms with Crippen LogP contribution in [0.2, 0.25) is 0 Å². The maximum absolute atomic E-state index is 13.1. The Kier molecular flexibility index (Phi) is 4.74. The van der Waals surface area contributed by atoms with E-state index in [9.17, 15) is 18.8 Å². The van der Waals surface area contributed by atoms with Crippen molar-refractivity contribution in [2.45, 2.75) is 13.5 Å². The fraction of sp³-hybridized carbons (Fsp3) is 0.111. The molecule has 26 heavy (non-hydrogen) atoms. The summed E-state index contributed by atoms with van der Waals surface area (Å²) in [6.07, 6.45) is 2.76. The van der Waals surface area contributed by atoms with E-state index in [4.69, 9.17) is 0 Å². The molecule has 3 rings (SSSR count). The normalized spacial score (nSPS) is 10.5. The van der Waals surface area contributed by atoms with Gasteiger partial charge in [0.15, 0.2) is 0 Å². The van der Waals surface area contributed by atoms with Crippen LogP contribution >= 0.6 is 0 Å². The highest BCUT2D eigenvalue weighted by molar-refractivity contribution is 5.95. The highest BCUT2D eigenvalue weighted by Crippen LogP contribution is 2.09. The summed E-state index contributed by atoms with van der Waals surface area (Å²) < 4.78 is 14.4. The second-order valence-corrected chi connectivity index (χ2v) is 5.61. The second kappa shape index (κ2) is 7.14. The molecule has 1 amide bonds. The van der Waals surface area contributed by atoms with Crippen molar-refractivity contribution < 1.29 is 9.18 Å². The zero-order valence-corrected chi connectivity index (χ0v) is 13.8. The highest BCUT2D eigenvalue weighted by atomic mass is 19.1. The van der Waals surface area contributed by atoms with Gasteiger partial charge in [0.25, 0.3) is 17.0 Å². The van der Waals surface area contributed by atoms with Crippen LogP contribution in [0.15, 0.2) is 58.5 Å². The summed E-state index contributed by atoms with van der Waals surface area (Å²) in [5.41, 5.74) is 0.439. The Morgan fingerprint density at radius 1 is 1.23 bits per heavy atom. The Bertz CT molecular complexity index is 1070. The molecule has 7 nitrogen and oxygen atoms in total. The third-order valence-electron chi connectivity index (χ3n) is 3.80. The number of carbonyl (C=O) groups is 1. The fourth-order valence-corrected chi connectivity index (χ4v) is 2.47. The minimum Gasteiger partial charge on any atom is -0.346 e. The van der Waals surface area contributed by atoms with E-state index >= 15 is 0 Å². The first kappa shape index (κ1) is 17.3. The van der Waals surface area contributed by atoms with Gasteiger partial charge >= 0.3 is 0 Å². The van der Waals surface area contributed by atoms with Crippen molar-refractivity contribution in [3.8, 4) is 5.69 Å². The fourth-order valence-electron chi connectivity index (χ4n) is 2.47. The van der Waals surface area contributed by atoms with E-state index in [0.717, 1.165) is 0 Å².